The van der Waals surface area contributed by atoms with Gasteiger partial charge in [-0.15, -0.1) is 0 Å². The maximum Gasteiger partial charge on any atom is 0.308 e. The van der Waals surface area contributed by atoms with Gasteiger partial charge in [0.25, 0.3) is 11.5 Å². The van der Waals surface area contributed by atoms with E-state index in [0.717, 1.165) is 5.56 Å². The number of benzene rings is 1. The van der Waals surface area contributed by atoms with Gasteiger partial charge in [0, 0.05) is 25.2 Å². The van der Waals surface area contributed by atoms with Crippen molar-refractivity contribution in [2.75, 3.05) is 13.1 Å². The summed E-state index contributed by atoms with van der Waals surface area (Å²) in [6, 6.07) is 10.6. The summed E-state index contributed by atoms with van der Waals surface area (Å²) >= 11 is 5.76. The van der Waals surface area contributed by atoms with Crippen LogP contribution in [-0.4, -0.2) is 40.0 Å². The van der Waals surface area contributed by atoms with E-state index in [9.17, 15) is 19.5 Å². The Kier molecular flexibility index (Phi) is 4.40. The maximum absolute atomic E-state index is 12.6. The van der Waals surface area contributed by atoms with Gasteiger partial charge in [-0.1, -0.05) is 41.9 Å². The molecular formula is C17H15ClN2O4. The second kappa shape index (κ2) is 6.49. The summed E-state index contributed by atoms with van der Waals surface area (Å²) in [5, 5.41) is 9.41. The van der Waals surface area contributed by atoms with Crippen molar-refractivity contribution < 1.29 is 14.7 Å². The lowest BCUT2D eigenvalue weighted by molar-refractivity contribution is -0.141. The first-order valence-electron chi connectivity index (χ1n) is 7.42. The molecular weight excluding hydrogens is 332 g/mol. The molecule has 1 aliphatic heterocycles. The Morgan fingerprint density at radius 2 is 1.92 bits per heavy atom. The molecule has 0 bridgehead atoms. The van der Waals surface area contributed by atoms with E-state index in [1.807, 2.05) is 30.3 Å². The average molecular weight is 347 g/mol. The number of likely N-dealkylation sites (tertiary alicyclic amines) is 1. The van der Waals surface area contributed by atoms with Gasteiger partial charge in [-0.25, -0.2) is 0 Å². The minimum atomic E-state index is -0.932. The summed E-state index contributed by atoms with van der Waals surface area (Å²) in [7, 11) is 0. The number of amides is 1. The summed E-state index contributed by atoms with van der Waals surface area (Å²) in [5.74, 6) is -2.23. The number of aromatic amines is 1. The molecule has 2 atom stereocenters. The van der Waals surface area contributed by atoms with Crippen LogP contribution < -0.4 is 5.56 Å². The summed E-state index contributed by atoms with van der Waals surface area (Å²) in [4.78, 5) is 39.4. The first-order chi connectivity index (χ1) is 11.5. The summed E-state index contributed by atoms with van der Waals surface area (Å²) < 4.78 is 0. The van der Waals surface area contributed by atoms with E-state index in [1.54, 1.807) is 0 Å². The largest absolute Gasteiger partial charge is 0.481 e. The summed E-state index contributed by atoms with van der Waals surface area (Å²) in [6.45, 7) is 0.418. The van der Waals surface area contributed by atoms with E-state index in [1.165, 1.54) is 17.2 Å². The van der Waals surface area contributed by atoms with Gasteiger partial charge >= 0.3 is 5.97 Å². The quantitative estimate of drug-likeness (QED) is 0.889. The van der Waals surface area contributed by atoms with E-state index < -0.39 is 17.4 Å². The number of aliphatic carboxylic acids is 1. The van der Waals surface area contributed by atoms with Gasteiger partial charge in [0.15, 0.2) is 0 Å². The van der Waals surface area contributed by atoms with Crippen LogP contribution in [-0.2, 0) is 4.79 Å². The van der Waals surface area contributed by atoms with Crippen molar-refractivity contribution in [1.29, 1.82) is 0 Å². The maximum atomic E-state index is 12.6. The van der Waals surface area contributed by atoms with Gasteiger partial charge < -0.3 is 15.0 Å². The zero-order valence-corrected chi connectivity index (χ0v) is 13.4. The van der Waals surface area contributed by atoms with Crippen molar-refractivity contribution in [3.05, 3.63) is 69.1 Å². The predicted octanol–water partition coefficient (Wildman–Crippen LogP) is 1.97. The molecule has 0 unspecified atom stereocenters. The molecule has 2 aromatic rings. The highest BCUT2D eigenvalue weighted by molar-refractivity contribution is 6.30. The standard InChI is InChI=1S/C17H15ClN2O4/c18-14-6-11(7-19-15(14)21)16(22)20-8-12(13(9-20)17(23)24)10-4-2-1-3-5-10/h1-7,12-13H,8-9H2,(H,19,21)(H,23,24)/t12-,13+/m0/s1. The van der Waals surface area contributed by atoms with Gasteiger partial charge in [0.05, 0.1) is 11.5 Å². The number of aromatic nitrogens is 1. The zero-order chi connectivity index (χ0) is 17.3. The molecule has 0 spiro atoms. The third kappa shape index (κ3) is 3.05. The van der Waals surface area contributed by atoms with E-state index in [2.05, 4.69) is 4.98 Å². The van der Waals surface area contributed by atoms with Gasteiger partial charge in [0.2, 0.25) is 0 Å². The molecule has 7 heteroatoms. The number of pyridine rings is 1. The van der Waals surface area contributed by atoms with Crippen molar-refractivity contribution in [2.45, 2.75) is 5.92 Å². The number of halogens is 1. The molecule has 1 aliphatic rings. The van der Waals surface area contributed by atoms with Crippen molar-refractivity contribution >= 4 is 23.5 Å². The van der Waals surface area contributed by atoms with Gasteiger partial charge in [-0.05, 0) is 11.6 Å². The topological polar surface area (TPSA) is 90.5 Å². The van der Waals surface area contributed by atoms with Gasteiger partial charge in [-0.3, -0.25) is 14.4 Å². The third-order valence-electron chi connectivity index (χ3n) is 4.26. The lowest BCUT2D eigenvalue weighted by Crippen LogP contribution is -2.30. The third-order valence-corrected chi connectivity index (χ3v) is 4.54. The van der Waals surface area contributed by atoms with Gasteiger partial charge in [0.1, 0.15) is 5.02 Å². The van der Waals surface area contributed by atoms with Crippen LogP contribution >= 0.6 is 11.6 Å². The summed E-state index contributed by atoms with van der Waals surface area (Å²) in [5.41, 5.74) is 0.650. The molecule has 6 nitrogen and oxygen atoms in total. The number of nitrogens with one attached hydrogen (secondary N) is 1. The van der Waals surface area contributed by atoms with E-state index in [0.29, 0.717) is 6.54 Å². The Morgan fingerprint density at radius 3 is 2.54 bits per heavy atom. The molecule has 24 heavy (non-hydrogen) atoms. The highest BCUT2D eigenvalue weighted by Crippen LogP contribution is 2.33. The van der Waals surface area contributed by atoms with Crippen LogP contribution in [0.3, 0.4) is 0 Å². The Bertz CT molecular complexity index is 834. The molecule has 3 rings (SSSR count). The molecule has 1 saturated heterocycles. The van der Waals surface area contributed by atoms with Crippen molar-refractivity contribution in [3.8, 4) is 0 Å². The van der Waals surface area contributed by atoms with Crippen LogP contribution in [0.15, 0.2) is 47.4 Å². The van der Waals surface area contributed by atoms with E-state index in [-0.39, 0.29) is 29.0 Å². The first kappa shape index (κ1) is 16.3. The zero-order valence-electron chi connectivity index (χ0n) is 12.6. The van der Waals surface area contributed by atoms with Crippen molar-refractivity contribution in [2.24, 2.45) is 5.92 Å². The molecule has 1 fully saturated rings. The summed E-state index contributed by atoms with van der Waals surface area (Å²) in [6.07, 6.45) is 1.29. The predicted molar refractivity (Wildman–Crippen MR) is 88.3 cm³/mol. The Morgan fingerprint density at radius 1 is 1.21 bits per heavy atom. The molecule has 124 valence electrons. The molecule has 0 aliphatic carbocycles. The van der Waals surface area contributed by atoms with Crippen LogP contribution in [0.25, 0.3) is 0 Å². The average Bonchev–Trinajstić information content (AvgIpc) is 3.03. The fourth-order valence-electron chi connectivity index (χ4n) is 3.02. The lowest BCUT2D eigenvalue weighted by atomic mass is 9.89. The molecule has 2 N–H and O–H groups in total. The van der Waals surface area contributed by atoms with E-state index >= 15 is 0 Å². The number of carboxylic acid groups (broad SMARTS) is 1. The van der Waals surface area contributed by atoms with Crippen molar-refractivity contribution in [1.82, 2.24) is 9.88 Å². The molecule has 0 saturated carbocycles. The molecule has 0 radical (unpaired) electrons. The van der Waals surface area contributed by atoms with E-state index in [4.69, 9.17) is 11.6 Å². The normalized spacial score (nSPS) is 20.1. The van der Waals surface area contributed by atoms with Crippen LogP contribution in [0.1, 0.15) is 21.8 Å². The Labute approximate surface area is 142 Å². The highest BCUT2D eigenvalue weighted by atomic mass is 35.5. The number of hydrogen-bond donors (Lipinski definition) is 2. The second-order valence-electron chi connectivity index (χ2n) is 5.74. The lowest BCUT2D eigenvalue weighted by Gasteiger charge is -2.16. The smallest absolute Gasteiger partial charge is 0.308 e. The highest BCUT2D eigenvalue weighted by Gasteiger charge is 2.40. The first-order valence-corrected chi connectivity index (χ1v) is 7.80. The fourth-order valence-corrected chi connectivity index (χ4v) is 3.19. The SMILES string of the molecule is O=C(O)[C@@H]1CN(C(=O)c2c[nH]c(=O)c(Cl)c2)C[C@H]1c1ccccc1. The van der Waals surface area contributed by atoms with Crippen molar-refractivity contribution in [3.63, 3.8) is 0 Å². The fraction of sp³-hybridized carbons (Fsp3) is 0.235. The van der Waals surface area contributed by atoms with Crippen LogP contribution in [0.5, 0.6) is 0 Å². The molecule has 1 aromatic carbocycles. The molecule has 1 amide bonds. The second-order valence-corrected chi connectivity index (χ2v) is 6.14. The number of nitrogens with zero attached hydrogens (tertiary/aromatic N) is 1. The minimum Gasteiger partial charge on any atom is -0.481 e. The number of H-pyrrole nitrogens is 1. The number of hydrogen-bond acceptors (Lipinski definition) is 3. The Hall–Kier alpha value is -2.60. The molecule has 1 aromatic heterocycles. The van der Waals surface area contributed by atoms with Gasteiger partial charge in [-0.2, -0.15) is 0 Å². The van der Waals surface area contributed by atoms with Crippen LogP contribution in [0.4, 0.5) is 0 Å². The number of carbonyl (C=O) groups is 2. The Balaban J connectivity index is 1.87. The number of rotatable bonds is 3. The number of carbonyl (C=O) groups excluding carboxylic acids is 1. The van der Waals surface area contributed by atoms with Crippen LogP contribution in [0, 0.1) is 5.92 Å². The number of carboxylic acids is 1. The minimum absolute atomic E-state index is 0.0746. The van der Waals surface area contributed by atoms with Crippen LogP contribution in [0.2, 0.25) is 5.02 Å². The molecule has 2 heterocycles. The monoisotopic (exact) mass is 346 g/mol.